The predicted octanol–water partition coefficient (Wildman–Crippen LogP) is 4.86. The van der Waals surface area contributed by atoms with E-state index in [1.165, 1.54) is 35.9 Å². The molecule has 4 aromatic rings. The smallest absolute Gasteiger partial charge is 0.0963 e. The molecule has 4 heteroatoms. The SMILES string of the molecule is C1=CC(n2cnc3cc(-c4ccc5nc[nH]c5c4)ccc32)CCC1. The van der Waals surface area contributed by atoms with Crippen LogP contribution < -0.4 is 0 Å². The van der Waals surface area contributed by atoms with E-state index >= 15 is 0 Å². The van der Waals surface area contributed by atoms with E-state index in [2.05, 4.69) is 68.1 Å². The Morgan fingerprint density at radius 2 is 1.92 bits per heavy atom. The number of fused-ring (bicyclic) bond motifs is 2. The zero-order valence-electron chi connectivity index (χ0n) is 13.3. The van der Waals surface area contributed by atoms with E-state index in [1.807, 2.05) is 6.33 Å². The van der Waals surface area contributed by atoms with Gasteiger partial charge in [0.05, 0.1) is 40.8 Å². The summed E-state index contributed by atoms with van der Waals surface area (Å²) in [6.07, 6.45) is 12.0. The first-order valence-corrected chi connectivity index (χ1v) is 8.45. The molecule has 0 amide bonds. The van der Waals surface area contributed by atoms with Crippen molar-refractivity contribution in [3.63, 3.8) is 0 Å². The highest BCUT2D eigenvalue weighted by Crippen LogP contribution is 2.29. The minimum atomic E-state index is 0.441. The zero-order chi connectivity index (χ0) is 15.9. The van der Waals surface area contributed by atoms with Crippen LogP contribution in [0.1, 0.15) is 25.3 Å². The van der Waals surface area contributed by atoms with Gasteiger partial charge in [0.25, 0.3) is 0 Å². The molecule has 0 saturated carbocycles. The average Bonchev–Trinajstić information content (AvgIpc) is 3.28. The molecule has 4 nitrogen and oxygen atoms in total. The van der Waals surface area contributed by atoms with Crippen LogP contribution in [0, 0.1) is 0 Å². The lowest BCUT2D eigenvalue weighted by atomic mass is 10.0. The second-order valence-electron chi connectivity index (χ2n) is 6.42. The van der Waals surface area contributed by atoms with E-state index in [9.17, 15) is 0 Å². The zero-order valence-corrected chi connectivity index (χ0v) is 13.3. The van der Waals surface area contributed by atoms with Gasteiger partial charge in [-0.2, -0.15) is 0 Å². The van der Waals surface area contributed by atoms with Gasteiger partial charge in [0.1, 0.15) is 0 Å². The summed E-state index contributed by atoms with van der Waals surface area (Å²) in [5, 5.41) is 0. The van der Waals surface area contributed by atoms with Crippen LogP contribution in [0.2, 0.25) is 0 Å². The molecule has 2 aromatic carbocycles. The number of benzene rings is 2. The highest BCUT2D eigenvalue weighted by atomic mass is 15.1. The van der Waals surface area contributed by atoms with Crippen molar-refractivity contribution in [3.05, 3.63) is 61.2 Å². The molecule has 5 rings (SSSR count). The fourth-order valence-electron chi connectivity index (χ4n) is 3.62. The summed E-state index contributed by atoms with van der Waals surface area (Å²) in [6.45, 7) is 0. The minimum absolute atomic E-state index is 0.441. The quantitative estimate of drug-likeness (QED) is 0.537. The molecule has 24 heavy (non-hydrogen) atoms. The van der Waals surface area contributed by atoms with Crippen LogP contribution in [0.5, 0.6) is 0 Å². The maximum atomic E-state index is 4.64. The van der Waals surface area contributed by atoms with E-state index in [4.69, 9.17) is 0 Å². The van der Waals surface area contributed by atoms with Gasteiger partial charge < -0.3 is 9.55 Å². The van der Waals surface area contributed by atoms with Crippen LogP contribution in [0.3, 0.4) is 0 Å². The minimum Gasteiger partial charge on any atom is -0.345 e. The van der Waals surface area contributed by atoms with Crippen LogP contribution in [0.25, 0.3) is 33.2 Å². The maximum absolute atomic E-state index is 4.64. The molecule has 1 N–H and O–H groups in total. The van der Waals surface area contributed by atoms with Crippen LogP contribution in [0.4, 0.5) is 0 Å². The van der Waals surface area contributed by atoms with Gasteiger partial charge in [-0.3, -0.25) is 0 Å². The number of allylic oxidation sites excluding steroid dienone is 2. The highest BCUT2D eigenvalue weighted by Gasteiger charge is 2.14. The van der Waals surface area contributed by atoms with Gasteiger partial charge in [-0.1, -0.05) is 24.3 Å². The van der Waals surface area contributed by atoms with Crippen LogP contribution in [0.15, 0.2) is 61.2 Å². The molecule has 118 valence electrons. The maximum Gasteiger partial charge on any atom is 0.0963 e. The number of nitrogens with zero attached hydrogens (tertiary/aromatic N) is 3. The van der Waals surface area contributed by atoms with E-state index in [-0.39, 0.29) is 0 Å². The monoisotopic (exact) mass is 314 g/mol. The number of hydrogen-bond acceptors (Lipinski definition) is 2. The Hall–Kier alpha value is -2.88. The number of aromatic nitrogens is 4. The second kappa shape index (κ2) is 5.34. The van der Waals surface area contributed by atoms with Gasteiger partial charge in [0.2, 0.25) is 0 Å². The lowest BCUT2D eigenvalue weighted by Crippen LogP contribution is -2.07. The number of nitrogens with one attached hydrogen (secondary N) is 1. The number of imidazole rings is 2. The number of H-pyrrole nitrogens is 1. The van der Waals surface area contributed by atoms with Gasteiger partial charge in [0, 0.05) is 0 Å². The normalized spacial score (nSPS) is 17.8. The van der Waals surface area contributed by atoms with Crippen molar-refractivity contribution < 1.29 is 0 Å². The Morgan fingerprint density at radius 1 is 1.00 bits per heavy atom. The van der Waals surface area contributed by atoms with E-state index in [0.29, 0.717) is 6.04 Å². The summed E-state index contributed by atoms with van der Waals surface area (Å²) in [7, 11) is 0. The summed E-state index contributed by atoms with van der Waals surface area (Å²) in [6, 6.07) is 13.3. The van der Waals surface area contributed by atoms with Crippen LogP contribution in [-0.4, -0.2) is 19.5 Å². The van der Waals surface area contributed by atoms with Gasteiger partial charge in [0.15, 0.2) is 0 Å². The average molecular weight is 314 g/mol. The first-order chi connectivity index (χ1) is 11.9. The molecule has 0 fully saturated rings. The van der Waals surface area contributed by atoms with E-state index in [1.54, 1.807) is 6.33 Å². The van der Waals surface area contributed by atoms with Crippen molar-refractivity contribution in [2.24, 2.45) is 0 Å². The first kappa shape index (κ1) is 13.5. The predicted molar refractivity (Wildman–Crippen MR) is 96.8 cm³/mol. The van der Waals surface area contributed by atoms with Crippen LogP contribution >= 0.6 is 0 Å². The standard InChI is InChI=1S/C20H18N4/c1-2-4-16(5-3-1)24-13-23-19-11-15(7-9-20(19)24)14-6-8-17-18(10-14)22-12-21-17/h2,4,6-13,16H,1,3,5H2,(H,21,22). The van der Waals surface area contributed by atoms with E-state index < -0.39 is 0 Å². The van der Waals surface area contributed by atoms with E-state index in [0.717, 1.165) is 16.6 Å². The molecule has 2 aromatic heterocycles. The molecular weight excluding hydrogens is 296 g/mol. The molecule has 1 unspecified atom stereocenters. The molecule has 1 aliphatic carbocycles. The van der Waals surface area contributed by atoms with Crippen LogP contribution in [-0.2, 0) is 0 Å². The van der Waals surface area contributed by atoms with Gasteiger partial charge in [-0.05, 0) is 54.7 Å². The largest absolute Gasteiger partial charge is 0.345 e. The third kappa shape index (κ3) is 2.14. The summed E-state index contributed by atoms with van der Waals surface area (Å²) in [4.78, 5) is 12.1. The number of aromatic amines is 1. The lowest BCUT2D eigenvalue weighted by Gasteiger charge is -2.18. The Balaban J connectivity index is 1.58. The van der Waals surface area contributed by atoms with Crippen molar-refractivity contribution >= 4 is 22.1 Å². The molecule has 0 spiro atoms. The Kier molecular flexibility index (Phi) is 3.01. The third-order valence-electron chi connectivity index (χ3n) is 4.91. The Bertz CT molecular complexity index is 1050. The third-order valence-corrected chi connectivity index (χ3v) is 4.91. The van der Waals surface area contributed by atoms with Gasteiger partial charge in [-0.25, -0.2) is 9.97 Å². The van der Waals surface area contributed by atoms with Crippen molar-refractivity contribution in [1.82, 2.24) is 19.5 Å². The summed E-state index contributed by atoms with van der Waals surface area (Å²) in [5.41, 5.74) is 6.68. The molecule has 0 saturated heterocycles. The molecule has 1 atom stereocenters. The summed E-state index contributed by atoms with van der Waals surface area (Å²) >= 11 is 0. The number of rotatable bonds is 2. The van der Waals surface area contributed by atoms with Crippen molar-refractivity contribution in [2.45, 2.75) is 25.3 Å². The van der Waals surface area contributed by atoms with Gasteiger partial charge >= 0.3 is 0 Å². The topological polar surface area (TPSA) is 46.5 Å². The fraction of sp³-hybridized carbons (Fsp3) is 0.200. The Morgan fingerprint density at radius 3 is 2.83 bits per heavy atom. The fourth-order valence-corrected chi connectivity index (χ4v) is 3.62. The Labute approximate surface area is 139 Å². The van der Waals surface area contributed by atoms with Crippen molar-refractivity contribution in [2.75, 3.05) is 0 Å². The molecular formula is C20H18N4. The molecule has 2 heterocycles. The second-order valence-corrected chi connectivity index (χ2v) is 6.42. The number of hydrogen-bond donors (Lipinski definition) is 1. The molecule has 0 radical (unpaired) electrons. The van der Waals surface area contributed by atoms with Gasteiger partial charge in [-0.15, -0.1) is 0 Å². The summed E-state index contributed by atoms with van der Waals surface area (Å²) < 4.78 is 2.30. The highest BCUT2D eigenvalue weighted by molar-refractivity contribution is 5.86. The molecule has 0 bridgehead atoms. The van der Waals surface area contributed by atoms with Crippen molar-refractivity contribution in [1.29, 1.82) is 0 Å². The first-order valence-electron chi connectivity index (χ1n) is 8.45. The lowest BCUT2D eigenvalue weighted by molar-refractivity contribution is 0.528. The summed E-state index contributed by atoms with van der Waals surface area (Å²) in [5.74, 6) is 0. The molecule has 0 aliphatic heterocycles. The molecule has 1 aliphatic rings. The van der Waals surface area contributed by atoms with Crippen molar-refractivity contribution in [3.8, 4) is 11.1 Å².